The van der Waals surface area contributed by atoms with Crippen LogP contribution in [0, 0.1) is 5.92 Å². The maximum atomic E-state index is 13.2. The van der Waals surface area contributed by atoms with Crippen LogP contribution in [-0.2, 0) is 12.7 Å². The Bertz CT molecular complexity index is 1020. The van der Waals surface area contributed by atoms with Gasteiger partial charge in [0.25, 0.3) is 0 Å². The molecule has 0 saturated carbocycles. The van der Waals surface area contributed by atoms with Crippen molar-refractivity contribution in [3.63, 3.8) is 0 Å². The highest BCUT2D eigenvalue weighted by molar-refractivity contribution is 5.87. The molecule has 0 unspecified atom stereocenters. The summed E-state index contributed by atoms with van der Waals surface area (Å²) in [7, 11) is 0. The summed E-state index contributed by atoms with van der Waals surface area (Å²) in [5, 5.41) is 3.46. The van der Waals surface area contributed by atoms with Crippen molar-refractivity contribution in [2.24, 2.45) is 5.92 Å². The fraction of sp³-hybridized carbons (Fsp3) is 0.316. The SMILES string of the molecule is FC(F)C1CN(c2nc(NCc3ccccc3C(F)(F)F)c3cccnc3n2)C1. The van der Waals surface area contributed by atoms with Gasteiger partial charge in [-0.05, 0) is 23.8 Å². The van der Waals surface area contributed by atoms with Crippen LogP contribution in [0.2, 0.25) is 0 Å². The standard InChI is InChI=1S/C19H16F5N5/c20-15(21)12-9-29(10-12)18-27-16-13(5-3-7-25-16)17(28-18)26-8-11-4-1-2-6-14(11)19(22,23)24/h1-7,12,15H,8-10H2,(H,25,26,27,28). The number of nitrogens with one attached hydrogen (secondary N) is 1. The van der Waals surface area contributed by atoms with E-state index in [9.17, 15) is 22.0 Å². The smallest absolute Gasteiger partial charge is 0.365 e. The zero-order valence-electron chi connectivity index (χ0n) is 15.0. The molecule has 5 nitrogen and oxygen atoms in total. The Morgan fingerprint density at radius 3 is 2.55 bits per heavy atom. The van der Waals surface area contributed by atoms with E-state index in [1.54, 1.807) is 17.0 Å². The summed E-state index contributed by atoms with van der Waals surface area (Å²) in [6.45, 7) is 0.120. The number of pyridine rings is 1. The highest BCUT2D eigenvalue weighted by atomic mass is 19.4. The number of aromatic nitrogens is 3. The number of anilines is 2. The number of hydrogen-bond donors (Lipinski definition) is 1. The third-order valence-electron chi connectivity index (χ3n) is 4.78. The zero-order valence-corrected chi connectivity index (χ0v) is 15.0. The van der Waals surface area contributed by atoms with Crippen LogP contribution in [0.4, 0.5) is 33.7 Å². The highest BCUT2D eigenvalue weighted by Gasteiger charge is 2.36. The molecule has 29 heavy (non-hydrogen) atoms. The molecule has 10 heteroatoms. The molecule has 1 saturated heterocycles. The summed E-state index contributed by atoms with van der Waals surface area (Å²) in [4.78, 5) is 14.4. The maximum Gasteiger partial charge on any atom is 0.416 e. The first-order chi connectivity index (χ1) is 13.8. The van der Waals surface area contributed by atoms with Crippen molar-refractivity contribution in [2.45, 2.75) is 19.1 Å². The third-order valence-corrected chi connectivity index (χ3v) is 4.78. The molecule has 0 atom stereocenters. The minimum Gasteiger partial charge on any atom is -0.365 e. The molecule has 2 aromatic heterocycles. The molecule has 0 amide bonds. The van der Waals surface area contributed by atoms with Gasteiger partial charge in [0, 0.05) is 25.8 Å². The molecule has 0 spiro atoms. The van der Waals surface area contributed by atoms with Gasteiger partial charge in [-0.25, -0.2) is 13.8 Å². The molecule has 0 bridgehead atoms. The zero-order chi connectivity index (χ0) is 20.6. The second-order valence-corrected chi connectivity index (χ2v) is 6.75. The predicted octanol–water partition coefficient (Wildman–Crippen LogP) is 4.36. The molecule has 1 N–H and O–H groups in total. The van der Waals surface area contributed by atoms with E-state index in [-0.39, 0.29) is 31.1 Å². The highest BCUT2D eigenvalue weighted by Crippen LogP contribution is 2.33. The van der Waals surface area contributed by atoms with Crippen LogP contribution in [0.3, 0.4) is 0 Å². The number of alkyl halides is 5. The molecular weight excluding hydrogens is 393 g/mol. The van der Waals surface area contributed by atoms with Gasteiger partial charge in [-0.3, -0.25) is 0 Å². The molecule has 3 aromatic rings. The van der Waals surface area contributed by atoms with Crippen molar-refractivity contribution >= 4 is 22.8 Å². The Labute approximate surface area is 162 Å². The summed E-state index contributed by atoms with van der Waals surface area (Å²) in [5.74, 6) is -0.219. The average molecular weight is 409 g/mol. The van der Waals surface area contributed by atoms with E-state index in [4.69, 9.17) is 0 Å². The second kappa shape index (κ2) is 7.41. The predicted molar refractivity (Wildman–Crippen MR) is 97.8 cm³/mol. The van der Waals surface area contributed by atoms with E-state index in [1.165, 1.54) is 24.4 Å². The van der Waals surface area contributed by atoms with E-state index in [2.05, 4.69) is 20.3 Å². The average Bonchev–Trinajstić information content (AvgIpc) is 2.64. The third kappa shape index (κ3) is 3.92. The molecule has 1 aliphatic rings. The minimum atomic E-state index is -4.47. The Kier molecular flexibility index (Phi) is 4.93. The normalized spacial score (nSPS) is 15.0. The van der Waals surface area contributed by atoms with Gasteiger partial charge in [0.1, 0.15) is 5.82 Å². The van der Waals surface area contributed by atoms with Crippen molar-refractivity contribution in [1.82, 2.24) is 15.0 Å². The monoisotopic (exact) mass is 409 g/mol. The van der Waals surface area contributed by atoms with Crippen LogP contribution < -0.4 is 10.2 Å². The van der Waals surface area contributed by atoms with Gasteiger partial charge >= 0.3 is 6.18 Å². The quantitative estimate of drug-likeness (QED) is 0.635. The first kappa shape index (κ1) is 19.3. The first-order valence-corrected chi connectivity index (χ1v) is 8.88. The largest absolute Gasteiger partial charge is 0.416 e. The van der Waals surface area contributed by atoms with Gasteiger partial charge in [0.2, 0.25) is 12.4 Å². The van der Waals surface area contributed by atoms with Crippen molar-refractivity contribution in [2.75, 3.05) is 23.3 Å². The first-order valence-electron chi connectivity index (χ1n) is 8.88. The number of nitrogens with zero attached hydrogens (tertiary/aromatic N) is 4. The minimum absolute atomic E-state index is 0.0684. The molecule has 1 aromatic carbocycles. The molecule has 152 valence electrons. The molecule has 1 fully saturated rings. The molecule has 4 rings (SSSR count). The Morgan fingerprint density at radius 2 is 1.83 bits per heavy atom. The fourth-order valence-electron chi connectivity index (χ4n) is 3.19. The summed E-state index contributed by atoms with van der Waals surface area (Å²) >= 11 is 0. The van der Waals surface area contributed by atoms with Crippen molar-refractivity contribution in [3.05, 3.63) is 53.7 Å². The summed E-state index contributed by atoms with van der Waals surface area (Å²) in [6, 6.07) is 8.63. The Hall–Kier alpha value is -3.04. The van der Waals surface area contributed by atoms with Gasteiger partial charge in [-0.15, -0.1) is 0 Å². The van der Waals surface area contributed by atoms with Crippen molar-refractivity contribution in [3.8, 4) is 0 Å². The molecule has 3 heterocycles. The Morgan fingerprint density at radius 1 is 1.07 bits per heavy atom. The Balaban J connectivity index is 1.62. The van der Waals surface area contributed by atoms with Crippen LogP contribution in [0.25, 0.3) is 11.0 Å². The van der Waals surface area contributed by atoms with E-state index < -0.39 is 24.1 Å². The van der Waals surface area contributed by atoms with E-state index >= 15 is 0 Å². The van der Waals surface area contributed by atoms with Crippen LogP contribution in [0.1, 0.15) is 11.1 Å². The fourth-order valence-corrected chi connectivity index (χ4v) is 3.19. The van der Waals surface area contributed by atoms with E-state index in [0.717, 1.165) is 6.07 Å². The van der Waals surface area contributed by atoms with Gasteiger partial charge in [0.05, 0.1) is 16.9 Å². The number of rotatable bonds is 5. The van der Waals surface area contributed by atoms with Gasteiger partial charge in [0.15, 0.2) is 5.65 Å². The summed E-state index contributed by atoms with van der Waals surface area (Å²) in [5.41, 5.74) is -0.324. The van der Waals surface area contributed by atoms with E-state index in [1.807, 2.05) is 0 Å². The van der Waals surface area contributed by atoms with Gasteiger partial charge in [-0.2, -0.15) is 23.1 Å². The number of benzene rings is 1. The lowest BCUT2D eigenvalue weighted by Crippen LogP contribution is -2.50. The van der Waals surface area contributed by atoms with Crippen LogP contribution in [-0.4, -0.2) is 34.5 Å². The molecule has 1 aliphatic heterocycles. The lowest BCUT2D eigenvalue weighted by molar-refractivity contribution is -0.138. The molecule has 0 radical (unpaired) electrons. The number of hydrogen-bond acceptors (Lipinski definition) is 5. The molecule has 0 aliphatic carbocycles. The second-order valence-electron chi connectivity index (χ2n) is 6.75. The van der Waals surface area contributed by atoms with E-state index in [0.29, 0.717) is 16.9 Å². The van der Waals surface area contributed by atoms with Crippen LogP contribution in [0.5, 0.6) is 0 Å². The summed E-state index contributed by atoms with van der Waals surface area (Å²) < 4.78 is 65.2. The van der Waals surface area contributed by atoms with Crippen LogP contribution >= 0.6 is 0 Å². The van der Waals surface area contributed by atoms with Gasteiger partial charge in [-0.1, -0.05) is 18.2 Å². The lowest BCUT2D eigenvalue weighted by Gasteiger charge is -2.38. The van der Waals surface area contributed by atoms with Crippen LogP contribution in [0.15, 0.2) is 42.6 Å². The van der Waals surface area contributed by atoms with Crippen molar-refractivity contribution < 1.29 is 22.0 Å². The lowest BCUT2D eigenvalue weighted by atomic mass is 10.0. The maximum absolute atomic E-state index is 13.2. The van der Waals surface area contributed by atoms with Gasteiger partial charge < -0.3 is 10.2 Å². The topological polar surface area (TPSA) is 53.9 Å². The summed E-state index contributed by atoms with van der Waals surface area (Å²) in [6.07, 6.45) is -5.36. The molecular formula is C19H16F5N5. The van der Waals surface area contributed by atoms with Crippen molar-refractivity contribution in [1.29, 1.82) is 0 Å². The number of fused-ring (bicyclic) bond motifs is 1. The number of halogens is 5.